The van der Waals surface area contributed by atoms with Crippen molar-refractivity contribution >= 4 is 5.91 Å². The van der Waals surface area contributed by atoms with Crippen molar-refractivity contribution in [3.05, 3.63) is 0 Å². The number of carbonyl (C=O) groups excluding carboxylic acids is 1. The minimum atomic E-state index is -0.104. The number of nitrogens with one attached hydrogen (secondary N) is 1. The molecule has 126 valence electrons. The van der Waals surface area contributed by atoms with Crippen molar-refractivity contribution in [2.45, 2.75) is 32.1 Å². The van der Waals surface area contributed by atoms with Crippen molar-refractivity contribution in [2.75, 3.05) is 52.4 Å². The van der Waals surface area contributed by atoms with E-state index < -0.39 is 0 Å². The van der Waals surface area contributed by atoms with Crippen LogP contribution in [0.4, 0.5) is 0 Å². The molecule has 3 saturated heterocycles. The molecule has 3 aliphatic rings. The SMILES string of the molecule is NC(=O)C1CCN(C[C@@H]2CCN(C[C@H]3CCCNC3)C2)CC1. The van der Waals surface area contributed by atoms with Crippen molar-refractivity contribution in [3.8, 4) is 0 Å². The normalized spacial score (nSPS) is 32.4. The lowest BCUT2D eigenvalue weighted by Gasteiger charge is -2.32. The van der Waals surface area contributed by atoms with Crippen LogP contribution in [0.1, 0.15) is 32.1 Å². The molecular weight excluding hydrogens is 276 g/mol. The molecule has 5 nitrogen and oxygen atoms in total. The number of primary amides is 1. The Morgan fingerprint density at radius 2 is 1.73 bits per heavy atom. The number of nitrogens with zero attached hydrogens (tertiary/aromatic N) is 2. The van der Waals surface area contributed by atoms with E-state index in [1.165, 1.54) is 58.5 Å². The number of nitrogens with two attached hydrogens (primary N) is 1. The average Bonchev–Trinajstić information content (AvgIpc) is 2.96. The average molecular weight is 308 g/mol. The smallest absolute Gasteiger partial charge is 0.220 e. The first-order chi connectivity index (χ1) is 10.7. The predicted octanol–water partition coefficient (Wildman–Crippen LogP) is 0.505. The minimum Gasteiger partial charge on any atom is -0.369 e. The monoisotopic (exact) mass is 308 g/mol. The van der Waals surface area contributed by atoms with Crippen molar-refractivity contribution < 1.29 is 4.79 Å². The molecule has 3 N–H and O–H groups in total. The first-order valence-corrected chi connectivity index (χ1v) is 9.15. The molecule has 0 unspecified atom stereocenters. The summed E-state index contributed by atoms with van der Waals surface area (Å²) in [6.45, 7) is 9.57. The number of carbonyl (C=O) groups is 1. The third kappa shape index (κ3) is 4.43. The molecule has 1 amide bonds. The van der Waals surface area contributed by atoms with E-state index in [4.69, 9.17) is 5.73 Å². The van der Waals surface area contributed by atoms with Gasteiger partial charge in [0.15, 0.2) is 0 Å². The van der Waals surface area contributed by atoms with Crippen LogP contribution in [0.5, 0.6) is 0 Å². The van der Waals surface area contributed by atoms with Crippen LogP contribution in [0, 0.1) is 17.8 Å². The number of rotatable bonds is 5. The highest BCUT2D eigenvalue weighted by Crippen LogP contribution is 2.23. The Kier molecular flexibility index (Phi) is 5.71. The molecular formula is C17H32N4O. The molecule has 0 aromatic heterocycles. The van der Waals surface area contributed by atoms with Crippen molar-refractivity contribution in [1.29, 1.82) is 0 Å². The zero-order valence-electron chi connectivity index (χ0n) is 13.8. The number of hydrogen-bond donors (Lipinski definition) is 2. The number of piperidine rings is 2. The van der Waals surface area contributed by atoms with Gasteiger partial charge in [-0.15, -0.1) is 0 Å². The van der Waals surface area contributed by atoms with E-state index in [9.17, 15) is 4.79 Å². The first-order valence-electron chi connectivity index (χ1n) is 9.15. The lowest BCUT2D eigenvalue weighted by Crippen LogP contribution is -2.41. The van der Waals surface area contributed by atoms with Gasteiger partial charge < -0.3 is 20.9 Å². The summed E-state index contributed by atoms with van der Waals surface area (Å²) in [4.78, 5) is 16.5. The summed E-state index contributed by atoms with van der Waals surface area (Å²) < 4.78 is 0. The predicted molar refractivity (Wildman–Crippen MR) is 88.5 cm³/mol. The van der Waals surface area contributed by atoms with E-state index in [-0.39, 0.29) is 11.8 Å². The minimum absolute atomic E-state index is 0.104. The maximum Gasteiger partial charge on any atom is 0.220 e. The van der Waals surface area contributed by atoms with Gasteiger partial charge in [-0.2, -0.15) is 0 Å². The molecule has 5 heteroatoms. The Hall–Kier alpha value is -0.650. The Labute approximate surface area is 134 Å². The van der Waals surface area contributed by atoms with Gasteiger partial charge in [-0.25, -0.2) is 0 Å². The Balaban J connectivity index is 1.35. The molecule has 3 aliphatic heterocycles. The molecule has 0 radical (unpaired) electrons. The van der Waals surface area contributed by atoms with Gasteiger partial charge in [0.25, 0.3) is 0 Å². The van der Waals surface area contributed by atoms with E-state index in [0.717, 1.165) is 37.8 Å². The standard InChI is InChI=1S/C17H32N4O/c18-17(22)16-4-8-20(9-5-16)12-15-3-7-21(13-15)11-14-2-1-6-19-10-14/h14-16,19H,1-13H2,(H2,18,22)/t14-,15-/m0/s1. The molecule has 2 atom stereocenters. The Bertz CT molecular complexity index is 362. The van der Waals surface area contributed by atoms with Crippen molar-refractivity contribution in [3.63, 3.8) is 0 Å². The third-order valence-electron chi connectivity index (χ3n) is 5.79. The maximum atomic E-state index is 11.2. The summed E-state index contributed by atoms with van der Waals surface area (Å²) in [6, 6.07) is 0. The summed E-state index contributed by atoms with van der Waals surface area (Å²) in [7, 11) is 0. The lowest BCUT2D eigenvalue weighted by atomic mass is 9.95. The van der Waals surface area contributed by atoms with Gasteiger partial charge >= 0.3 is 0 Å². The highest BCUT2D eigenvalue weighted by molar-refractivity contribution is 5.76. The van der Waals surface area contributed by atoms with Gasteiger partial charge in [-0.05, 0) is 76.7 Å². The van der Waals surface area contributed by atoms with Crippen LogP contribution in [0.3, 0.4) is 0 Å². The van der Waals surface area contributed by atoms with Crippen LogP contribution in [0.25, 0.3) is 0 Å². The fraction of sp³-hybridized carbons (Fsp3) is 0.941. The molecule has 3 heterocycles. The van der Waals surface area contributed by atoms with E-state index in [0.29, 0.717) is 0 Å². The van der Waals surface area contributed by atoms with Gasteiger partial charge in [0.1, 0.15) is 0 Å². The summed E-state index contributed by atoms with van der Waals surface area (Å²) in [5.74, 6) is 1.70. The van der Waals surface area contributed by atoms with Crippen LogP contribution in [0.2, 0.25) is 0 Å². The second kappa shape index (κ2) is 7.75. The fourth-order valence-corrected chi connectivity index (χ4v) is 4.44. The van der Waals surface area contributed by atoms with E-state index in [1.807, 2.05) is 0 Å². The highest BCUT2D eigenvalue weighted by atomic mass is 16.1. The van der Waals surface area contributed by atoms with Gasteiger partial charge in [-0.3, -0.25) is 4.79 Å². The zero-order chi connectivity index (χ0) is 15.4. The van der Waals surface area contributed by atoms with Gasteiger partial charge in [0.2, 0.25) is 5.91 Å². The van der Waals surface area contributed by atoms with Gasteiger partial charge in [0.05, 0.1) is 0 Å². The number of amides is 1. The zero-order valence-corrected chi connectivity index (χ0v) is 13.8. The number of hydrogen-bond acceptors (Lipinski definition) is 4. The quantitative estimate of drug-likeness (QED) is 0.777. The highest BCUT2D eigenvalue weighted by Gasteiger charge is 2.29. The van der Waals surface area contributed by atoms with Crippen LogP contribution >= 0.6 is 0 Å². The Morgan fingerprint density at radius 3 is 2.41 bits per heavy atom. The summed E-state index contributed by atoms with van der Waals surface area (Å²) in [5, 5.41) is 3.53. The third-order valence-corrected chi connectivity index (χ3v) is 5.79. The largest absolute Gasteiger partial charge is 0.369 e. The molecule has 3 rings (SSSR count). The molecule has 0 aromatic rings. The van der Waals surface area contributed by atoms with Crippen LogP contribution in [-0.4, -0.2) is 68.1 Å². The molecule has 0 aliphatic carbocycles. The Morgan fingerprint density at radius 1 is 1.00 bits per heavy atom. The molecule has 0 bridgehead atoms. The molecule has 0 aromatic carbocycles. The van der Waals surface area contributed by atoms with E-state index in [1.54, 1.807) is 0 Å². The van der Waals surface area contributed by atoms with Crippen molar-refractivity contribution in [2.24, 2.45) is 23.5 Å². The van der Waals surface area contributed by atoms with Gasteiger partial charge in [0, 0.05) is 25.6 Å². The summed E-state index contributed by atoms with van der Waals surface area (Å²) in [5.41, 5.74) is 5.41. The molecule has 0 saturated carbocycles. The van der Waals surface area contributed by atoms with Crippen LogP contribution in [0.15, 0.2) is 0 Å². The fourth-order valence-electron chi connectivity index (χ4n) is 4.44. The maximum absolute atomic E-state index is 11.2. The van der Waals surface area contributed by atoms with Crippen molar-refractivity contribution in [1.82, 2.24) is 15.1 Å². The lowest BCUT2D eigenvalue weighted by molar-refractivity contribution is -0.123. The second-order valence-electron chi connectivity index (χ2n) is 7.60. The van der Waals surface area contributed by atoms with E-state index in [2.05, 4.69) is 15.1 Å². The van der Waals surface area contributed by atoms with E-state index >= 15 is 0 Å². The number of likely N-dealkylation sites (tertiary alicyclic amines) is 2. The van der Waals surface area contributed by atoms with Crippen LogP contribution < -0.4 is 11.1 Å². The molecule has 22 heavy (non-hydrogen) atoms. The topological polar surface area (TPSA) is 61.6 Å². The summed E-state index contributed by atoms with van der Waals surface area (Å²) in [6.07, 6.45) is 6.00. The molecule has 0 spiro atoms. The van der Waals surface area contributed by atoms with Gasteiger partial charge in [-0.1, -0.05) is 0 Å². The molecule has 3 fully saturated rings. The first kappa shape index (κ1) is 16.2. The summed E-state index contributed by atoms with van der Waals surface area (Å²) >= 11 is 0. The second-order valence-corrected chi connectivity index (χ2v) is 7.60. The van der Waals surface area contributed by atoms with Crippen LogP contribution in [-0.2, 0) is 4.79 Å².